The summed E-state index contributed by atoms with van der Waals surface area (Å²) in [6.45, 7) is 2.17. The lowest BCUT2D eigenvalue weighted by atomic mass is 10.1. The molecule has 0 aliphatic carbocycles. The van der Waals surface area contributed by atoms with Crippen LogP contribution < -0.4 is 0 Å². The van der Waals surface area contributed by atoms with E-state index in [1.165, 1.54) is 5.56 Å². The van der Waals surface area contributed by atoms with Crippen LogP contribution >= 0.6 is 34.5 Å². The van der Waals surface area contributed by atoms with E-state index in [4.69, 9.17) is 28.2 Å². The molecule has 3 rings (SSSR count). The quantitative estimate of drug-likeness (QED) is 0.566. The fourth-order valence-electron chi connectivity index (χ4n) is 2.32. The number of benzene rings is 1. The number of thiazole rings is 1. The van der Waals surface area contributed by atoms with Crippen LogP contribution in [0.3, 0.4) is 0 Å². The molecule has 0 N–H and O–H groups in total. The van der Waals surface area contributed by atoms with Gasteiger partial charge in [-0.15, -0.1) is 11.3 Å². The molecule has 0 saturated heterocycles. The molecular weight excluding hydrogens is 335 g/mol. The third-order valence-electron chi connectivity index (χ3n) is 3.37. The first-order valence-corrected chi connectivity index (χ1v) is 8.67. The Labute approximate surface area is 143 Å². The summed E-state index contributed by atoms with van der Waals surface area (Å²) in [7, 11) is 0. The largest absolute Gasteiger partial charge is 0.264 e. The van der Waals surface area contributed by atoms with Gasteiger partial charge in [0.15, 0.2) is 0 Å². The van der Waals surface area contributed by atoms with Crippen LogP contribution in [0.25, 0.3) is 21.8 Å². The van der Waals surface area contributed by atoms with Gasteiger partial charge in [0, 0.05) is 33.9 Å². The van der Waals surface area contributed by atoms with Crippen molar-refractivity contribution in [1.29, 1.82) is 0 Å². The highest BCUT2D eigenvalue weighted by Crippen LogP contribution is 2.34. The van der Waals surface area contributed by atoms with Gasteiger partial charge in [0.1, 0.15) is 5.01 Å². The van der Waals surface area contributed by atoms with Gasteiger partial charge in [-0.3, -0.25) is 4.98 Å². The van der Waals surface area contributed by atoms with Crippen LogP contribution in [0, 0.1) is 0 Å². The van der Waals surface area contributed by atoms with Crippen molar-refractivity contribution in [3.05, 3.63) is 57.6 Å². The molecule has 2 heterocycles. The third-order valence-corrected chi connectivity index (χ3v) is 4.80. The van der Waals surface area contributed by atoms with Gasteiger partial charge in [-0.1, -0.05) is 36.5 Å². The van der Waals surface area contributed by atoms with Crippen molar-refractivity contribution in [2.75, 3.05) is 0 Å². The number of hydrogen-bond acceptors (Lipinski definition) is 3. The summed E-state index contributed by atoms with van der Waals surface area (Å²) in [5, 5.41) is 4.23. The molecule has 22 heavy (non-hydrogen) atoms. The van der Waals surface area contributed by atoms with Crippen LogP contribution in [0.5, 0.6) is 0 Å². The van der Waals surface area contributed by atoms with Crippen LogP contribution in [0.2, 0.25) is 10.0 Å². The maximum Gasteiger partial charge on any atom is 0.125 e. The van der Waals surface area contributed by atoms with Gasteiger partial charge < -0.3 is 0 Å². The normalized spacial score (nSPS) is 10.9. The van der Waals surface area contributed by atoms with Crippen molar-refractivity contribution in [3.8, 4) is 21.8 Å². The monoisotopic (exact) mass is 348 g/mol. The number of aromatic nitrogens is 2. The molecule has 5 heteroatoms. The number of halogens is 2. The minimum absolute atomic E-state index is 0.615. The van der Waals surface area contributed by atoms with Gasteiger partial charge in [-0.05, 0) is 36.2 Å². The summed E-state index contributed by atoms with van der Waals surface area (Å²) >= 11 is 13.8. The summed E-state index contributed by atoms with van der Waals surface area (Å²) in [4.78, 5) is 8.97. The molecule has 112 valence electrons. The average Bonchev–Trinajstić information content (AvgIpc) is 2.97. The fourth-order valence-corrected chi connectivity index (χ4v) is 3.69. The number of aryl methyl sites for hydroxylation is 1. The molecule has 0 aliphatic rings. The summed E-state index contributed by atoms with van der Waals surface area (Å²) in [5.41, 5.74) is 4.15. The molecule has 3 aromatic rings. The van der Waals surface area contributed by atoms with Crippen LogP contribution in [-0.4, -0.2) is 9.97 Å². The van der Waals surface area contributed by atoms with Gasteiger partial charge in [0.2, 0.25) is 0 Å². The number of pyridine rings is 1. The van der Waals surface area contributed by atoms with E-state index in [0.29, 0.717) is 10.0 Å². The first kappa shape index (κ1) is 15.5. The lowest BCUT2D eigenvalue weighted by molar-refractivity contribution is 0.920. The molecule has 0 unspecified atom stereocenters. The van der Waals surface area contributed by atoms with Crippen LogP contribution in [0.4, 0.5) is 0 Å². The molecular formula is C17H14Cl2N2S. The Kier molecular flexibility index (Phi) is 4.77. The molecule has 0 amide bonds. The molecule has 0 spiro atoms. The predicted octanol–water partition coefficient (Wildman–Crippen LogP) is 6.13. The summed E-state index contributed by atoms with van der Waals surface area (Å²) in [5.74, 6) is 0. The predicted molar refractivity (Wildman–Crippen MR) is 94.8 cm³/mol. The summed E-state index contributed by atoms with van der Waals surface area (Å²) in [6.07, 6.45) is 5.84. The Morgan fingerprint density at radius 3 is 2.77 bits per heavy atom. The van der Waals surface area contributed by atoms with Gasteiger partial charge in [0.25, 0.3) is 0 Å². The Morgan fingerprint density at radius 2 is 2.00 bits per heavy atom. The van der Waals surface area contributed by atoms with Crippen molar-refractivity contribution in [2.24, 2.45) is 0 Å². The topological polar surface area (TPSA) is 25.8 Å². The smallest absolute Gasteiger partial charge is 0.125 e. The Bertz CT molecular complexity index is 799. The fraction of sp³-hybridized carbons (Fsp3) is 0.176. The second-order valence-corrected chi connectivity index (χ2v) is 6.65. The maximum absolute atomic E-state index is 6.27. The zero-order chi connectivity index (χ0) is 15.5. The van der Waals surface area contributed by atoms with Crippen molar-refractivity contribution in [1.82, 2.24) is 9.97 Å². The lowest BCUT2D eigenvalue weighted by Gasteiger charge is -2.05. The number of hydrogen-bond donors (Lipinski definition) is 0. The van der Waals surface area contributed by atoms with Crippen molar-refractivity contribution >= 4 is 34.5 Å². The van der Waals surface area contributed by atoms with Gasteiger partial charge >= 0.3 is 0 Å². The van der Waals surface area contributed by atoms with Crippen LogP contribution in [-0.2, 0) is 6.42 Å². The van der Waals surface area contributed by atoms with E-state index in [2.05, 4.69) is 18.0 Å². The van der Waals surface area contributed by atoms with Crippen molar-refractivity contribution < 1.29 is 0 Å². The molecule has 0 fully saturated rings. The Balaban J connectivity index is 2.01. The molecule has 0 radical (unpaired) electrons. The molecule has 2 aromatic heterocycles. The van der Waals surface area contributed by atoms with Gasteiger partial charge in [0.05, 0.1) is 10.7 Å². The summed E-state index contributed by atoms with van der Waals surface area (Å²) in [6, 6.07) is 7.54. The SMILES string of the molecule is CCCc1ccncc1-c1nc(-c2ccc(Cl)cc2Cl)cs1. The minimum Gasteiger partial charge on any atom is -0.264 e. The second-order valence-electron chi connectivity index (χ2n) is 4.94. The highest BCUT2D eigenvalue weighted by Gasteiger charge is 2.12. The molecule has 0 bridgehead atoms. The first-order chi connectivity index (χ1) is 10.7. The van der Waals surface area contributed by atoms with E-state index >= 15 is 0 Å². The highest BCUT2D eigenvalue weighted by atomic mass is 35.5. The zero-order valence-electron chi connectivity index (χ0n) is 12.0. The standard InChI is InChI=1S/C17H14Cl2N2S/c1-2-3-11-6-7-20-9-14(11)17-21-16(10-22-17)13-5-4-12(18)8-15(13)19/h4-10H,2-3H2,1H3. The van der Waals surface area contributed by atoms with E-state index in [1.54, 1.807) is 17.4 Å². The second kappa shape index (κ2) is 6.78. The Hall–Kier alpha value is -1.42. The Morgan fingerprint density at radius 1 is 1.14 bits per heavy atom. The lowest BCUT2D eigenvalue weighted by Crippen LogP contribution is -1.90. The number of nitrogens with zero attached hydrogens (tertiary/aromatic N) is 2. The van der Waals surface area contributed by atoms with E-state index in [0.717, 1.165) is 34.7 Å². The van der Waals surface area contributed by atoms with Crippen molar-refractivity contribution in [3.63, 3.8) is 0 Å². The van der Waals surface area contributed by atoms with Crippen LogP contribution in [0.1, 0.15) is 18.9 Å². The molecule has 1 aromatic carbocycles. The molecule has 0 aliphatic heterocycles. The van der Waals surface area contributed by atoms with Crippen molar-refractivity contribution in [2.45, 2.75) is 19.8 Å². The molecule has 2 nitrogen and oxygen atoms in total. The van der Waals surface area contributed by atoms with Crippen LogP contribution in [0.15, 0.2) is 42.0 Å². The maximum atomic E-state index is 6.27. The van der Waals surface area contributed by atoms with Gasteiger partial charge in [-0.25, -0.2) is 4.98 Å². The van der Waals surface area contributed by atoms with E-state index in [-0.39, 0.29) is 0 Å². The van der Waals surface area contributed by atoms with Gasteiger partial charge in [-0.2, -0.15) is 0 Å². The zero-order valence-corrected chi connectivity index (χ0v) is 14.3. The molecule has 0 saturated carbocycles. The first-order valence-electron chi connectivity index (χ1n) is 7.03. The number of rotatable bonds is 4. The van der Waals surface area contributed by atoms with E-state index < -0.39 is 0 Å². The average molecular weight is 349 g/mol. The third kappa shape index (κ3) is 3.17. The van der Waals surface area contributed by atoms with E-state index in [1.807, 2.05) is 29.9 Å². The minimum atomic E-state index is 0.615. The van der Waals surface area contributed by atoms with E-state index in [9.17, 15) is 0 Å². The summed E-state index contributed by atoms with van der Waals surface area (Å²) < 4.78 is 0. The highest BCUT2D eigenvalue weighted by molar-refractivity contribution is 7.13. The molecule has 0 atom stereocenters.